The second-order valence-electron chi connectivity index (χ2n) is 4.20. The SMILES string of the molecule is CC(C)CONC(C)C(C)(C)O. The predicted octanol–water partition coefficient (Wildman–Crippen LogP) is 1.32. The Morgan fingerprint density at radius 2 is 1.83 bits per heavy atom. The molecule has 3 nitrogen and oxygen atoms in total. The lowest BCUT2D eigenvalue weighted by Gasteiger charge is -2.26. The average molecular weight is 175 g/mol. The highest BCUT2D eigenvalue weighted by Gasteiger charge is 2.21. The van der Waals surface area contributed by atoms with Crippen molar-refractivity contribution in [1.29, 1.82) is 0 Å². The summed E-state index contributed by atoms with van der Waals surface area (Å²) >= 11 is 0. The summed E-state index contributed by atoms with van der Waals surface area (Å²) in [5.74, 6) is 0.506. The lowest BCUT2D eigenvalue weighted by atomic mass is 10.0. The van der Waals surface area contributed by atoms with Crippen molar-refractivity contribution in [2.24, 2.45) is 5.92 Å². The highest BCUT2D eigenvalue weighted by molar-refractivity contribution is 4.76. The van der Waals surface area contributed by atoms with Gasteiger partial charge in [0.2, 0.25) is 0 Å². The molecule has 1 unspecified atom stereocenters. The first-order chi connectivity index (χ1) is 5.34. The molecular formula is C9H21NO2. The van der Waals surface area contributed by atoms with E-state index in [1.807, 2.05) is 6.92 Å². The predicted molar refractivity (Wildman–Crippen MR) is 49.7 cm³/mol. The van der Waals surface area contributed by atoms with Gasteiger partial charge in [0.25, 0.3) is 0 Å². The standard InChI is InChI=1S/C9H21NO2/c1-7(2)6-12-10-8(3)9(4,5)11/h7-8,10-11H,6H2,1-5H3. The van der Waals surface area contributed by atoms with E-state index in [1.54, 1.807) is 13.8 Å². The first-order valence-electron chi connectivity index (χ1n) is 4.43. The minimum absolute atomic E-state index is 0.0590. The first kappa shape index (κ1) is 11.9. The van der Waals surface area contributed by atoms with Crippen LogP contribution in [0.15, 0.2) is 0 Å². The van der Waals surface area contributed by atoms with Crippen LogP contribution in [-0.4, -0.2) is 23.4 Å². The van der Waals surface area contributed by atoms with E-state index in [4.69, 9.17) is 4.84 Å². The van der Waals surface area contributed by atoms with E-state index < -0.39 is 5.60 Å². The number of aliphatic hydroxyl groups is 1. The van der Waals surface area contributed by atoms with E-state index in [-0.39, 0.29) is 6.04 Å². The molecule has 3 heteroatoms. The van der Waals surface area contributed by atoms with E-state index >= 15 is 0 Å². The number of hydrogen-bond acceptors (Lipinski definition) is 3. The maximum atomic E-state index is 9.51. The van der Waals surface area contributed by atoms with Crippen LogP contribution >= 0.6 is 0 Å². The number of nitrogens with one attached hydrogen (secondary N) is 1. The van der Waals surface area contributed by atoms with Crippen molar-refractivity contribution in [2.45, 2.75) is 46.3 Å². The molecule has 0 aliphatic rings. The number of hydroxylamine groups is 1. The van der Waals surface area contributed by atoms with Crippen LogP contribution in [0.1, 0.15) is 34.6 Å². The van der Waals surface area contributed by atoms with Crippen molar-refractivity contribution in [3.8, 4) is 0 Å². The van der Waals surface area contributed by atoms with Crippen LogP contribution in [0.4, 0.5) is 0 Å². The molecule has 0 aliphatic carbocycles. The molecule has 0 aromatic carbocycles. The molecule has 0 amide bonds. The largest absolute Gasteiger partial charge is 0.389 e. The quantitative estimate of drug-likeness (QED) is 0.619. The second kappa shape index (κ2) is 4.80. The molecule has 0 spiro atoms. The normalized spacial score (nSPS) is 15.2. The maximum absolute atomic E-state index is 9.51. The molecule has 0 saturated carbocycles. The van der Waals surface area contributed by atoms with Crippen molar-refractivity contribution in [2.75, 3.05) is 6.61 Å². The molecule has 0 radical (unpaired) electrons. The summed E-state index contributed by atoms with van der Waals surface area (Å²) in [7, 11) is 0. The Kier molecular flexibility index (Phi) is 4.75. The van der Waals surface area contributed by atoms with Crippen molar-refractivity contribution in [3.05, 3.63) is 0 Å². The van der Waals surface area contributed by atoms with Gasteiger partial charge in [-0.25, -0.2) is 0 Å². The molecule has 0 aromatic heterocycles. The van der Waals surface area contributed by atoms with Gasteiger partial charge >= 0.3 is 0 Å². The fraction of sp³-hybridized carbons (Fsp3) is 1.00. The van der Waals surface area contributed by atoms with Gasteiger partial charge in [0.15, 0.2) is 0 Å². The van der Waals surface area contributed by atoms with E-state index in [0.717, 1.165) is 0 Å². The first-order valence-corrected chi connectivity index (χ1v) is 4.43. The minimum atomic E-state index is -0.739. The fourth-order valence-electron chi connectivity index (χ4n) is 0.484. The van der Waals surface area contributed by atoms with Crippen molar-refractivity contribution in [1.82, 2.24) is 5.48 Å². The summed E-state index contributed by atoms with van der Waals surface area (Å²) in [5.41, 5.74) is 2.06. The Bertz CT molecular complexity index is 118. The minimum Gasteiger partial charge on any atom is -0.389 e. The van der Waals surface area contributed by atoms with Gasteiger partial charge in [-0.3, -0.25) is 0 Å². The number of hydrogen-bond donors (Lipinski definition) is 2. The lowest BCUT2D eigenvalue weighted by molar-refractivity contribution is -0.0581. The third-order valence-electron chi connectivity index (χ3n) is 1.74. The second-order valence-corrected chi connectivity index (χ2v) is 4.20. The van der Waals surface area contributed by atoms with Crippen molar-refractivity contribution < 1.29 is 9.94 Å². The topological polar surface area (TPSA) is 41.5 Å². The summed E-state index contributed by atoms with van der Waals surface area (Å²) < 4.78 is 0. The Morgan fingerprint density at radius 1 is 1.33 bits per heavy atom. The van der Waals surface area contributed by atoms with Gasteiger partial charge in [-0.15, -0.1) is 0 Å². The molecule has 0 bridgehead atoms. The molecule has 0 heterocycles. The molecule has 74 valence electrons. The number of rotatable bonds is 5. The summed E-state index contributed by atoms with van der Waals surface area (Å²) in [5, 5.41) is 9.51. The smallest absolute Gasteiger partial charge is 0.0764 e. The van der Waals surface area contributed by atoms with Crippen molar-refractivity contribution in [3.63, 3.8) is 0 Å². The Morgan fingerprint density at radius 3 is 2.17 bits per heavy atom. The summed E-state index contributed by atoms with van der Waals surface area (Å²) in [6, 6.07) is -0.0590. The highest BCUT2D eigenvalue weighted by atomic mass is 16.6. The summed E-state index contributed by atoms with van der Waals surface area (Å²) in [6.45, 7) is 10.2. The molecule has 2 N–H and O–H groups in total. The third-order valence-corrected chi connectivity index (χ3v) is 1.74. The van der Waals surface area contributed by atoms with E-state index in [1.165, 1.54) is 0 Å². The maximum Gasteiger partial charge on any atom is 0.0764 e. The molecule has 0 rings (SSSR count). The highest BCUT2D eigenvalue weighted by Crippen LogP contribution is 2.07. The van der Waals surface area contributed by atoms with Gasteiger partial charge in [0, 0.05) is 0 Å². The summed E-state index contributed by atoms with van der Waals surface area (Å²) in [4.78, 5) is 5.17. The van der Waals surface area contributed by atoms with Crippen LogP contribution in [0.25, 0.3) is 0 Å². The molecule has 0 aliphatic heterocycles. The third kappa shape index (κ3) is 5.52. The Hall–Kier alpha value is -0.120. The van der Waals surface area contributed by atoms with Gasteiger partial charge in [-0.1, -0.05) is 13.8 Å². The van der Waals surface area contributed by atoms with Crippen LogP contribution < -0.4 is 5.48 Å². The summed E-state index contributed by atoms with van der Waals surface area (Å²) in [6.07, 6.45) is 0. The molecule has 0 aromatic rings. The molecule has 0 saturated heterocycles. The van der Waals surface area contributed by atoms with E-state index in [0.29, 0.717) is 12.5 Å². The van der Waals surface area contributed by atoms with Crippen LogP contribution in [0.2, 0.25) is 0 Å². The zero-order valence-electron chi connectivity index (χ0n) is 8.72. The Balaban J connectivity index is 3.51. The van der Waals surface area contributed by atoms with E-state index in [2.05, 4.69) is 19.3 Å². The van der Waals surface area contributed by atoms with Gasteiger partial charge in [-0.05, 0) is 26.7 Å². The zero-order chi connectivity index (χ0) is 9.78. The van der Waals surface area contributed by atoms with Gasteiger partial charge in [0.1, 0.15) is 0 Å². The van der Waals surface area contributed by atoms with Gasteiger partial charge in [-0.2, -0.15) is 5.48 Å². The van der Waals surface area contributed by atoms with Crippen LogP contribution in [0.5, 0.6) is 0 Å². The van der Waals surface area contributed by atoms with Crippen molar-refractivity contribution >= 4 is 0 Å². The van der Waals surface area contributed by atoms with Crippen LogP contribution in [0.3, 0.4) is 0 Å². The Labute approximate surface area is 75.1 Å². The van der Waals surface area contributed by atoms with Crippen LogP contribution in [-0.2, 0) is 4.84 Å². The molecule has 12 heavy (non-hydrogen) atoms. The van der Waals surface area contributed by atoms with Gasteiger partial charge < -0.3 is 9.94 Å². The fourth-order valence-corrected chi connectivity index (χ4v) is 0.484. The molecule has 1 atom stereocenters. The zero-order valence-corrected chi connectivity index (χ0v) is 8.72. The van der Waals surface area contributed by atoms with Crippen LogP contribution in [0, 0.1) is 5.92 Å². The molecular weight excluding hydrogens is 154 g/mol. The van der Waals surface area contributed by atoms with E-state index in [9.17, 15) is 5.11 Å². The lowest BCUT2D eigenvalue weighted by Crippen LogP contribution is -2.44. The monoisotopic (exact) mass is 175 g/mol. The average Bonchev–Trinajstić information content (AvgIpc) is 1.84. The molecule has 0 fully saturated rings. The van der Waals surface area contributed by atoms with Gasteiger partial charge in [0.05, 0.1) is 18.2 Å².